The predicted octanol–water partition coefficient (Wildman–Crippen LogP) is 3.13. The molecule has 90 valence electrons. The third-order valence-corrected chi connectivity index (χ3v) is 2.81. The van der Waals surface area contributed by atoms with E-state index >= 15 is 0 Å². The first-order chi connectivity index (χ1) is 7.69. The first-order valence-corrected chi connectivity index (χ1v) is 6.20. The highest BCUT2D eigenvalue weighted by Gasteiger charge is 2.12. The fraction of sp³-hybridized carbons (Fsp3) is 0.667. The molecule has 1 aromatic rings. The van der Waals surface area contributed by atoms with Crippen LogP contribution in [-0.2, 0) is 6.42 Å². The van der Waals surface area contributed by atoms with Gasteiger partial charge in [-0.3, -0.25) is 0 Å². The minimum absolute atomic E-state index is 0.146. The van der Waals surface area contributed by atoms with E-state index in [0.29, 0.717) is 12.5 Å². The zero-order valence-electron chi connectivity index (χ0n) is 10.2. The van der Waals surface area contributed by atoms with Crippen molar-refractivity contribution in [3.05, 3.63) is 17.6 Å². The van der Waals surface area contributed by atoms with Crippen LogP contribution in [0.3, 0.4) is 0 Å². The van der Waals surface area contributed by atoms with Crippen LogP contribution < -0.4 is 4.74 Å². The lowest BCUT2D eigenvalue weighted by Gasteiger charge is -2.12. The average Bonchev–Trinajstić information content (AvgIpc) is 2.24. The van der Waals surface area contributed by atoms with E-state index in [4.69, 9.17) is 16.3 Å². The van der Waals surface area contributed by atoms with Crippen LogP contribution in [0.4, 0.5) is 0 Å². The Morgan fingerprint density at radius 3 is 2.75 bits per heavy atom. The molecule has 0 spiro atoms. The molecule has 0 aromatic carbocycles. The Hall–Kier alpha value is -0.830. The van der Waals surface area contributed by atoms with Gasteiger partial charge >= 0.3 is 0 Å². The number of aromatic nitrogens is 2. The van der Waals surface area contributed by atoms with Crippen molar-refractivity contribution >= 4 is 11.6 Å². The Bertz CT molecular complexity index is 331. The van der Waals surface area contributed by atoms with Crippen LogP contribution in [-0.4, -0.2) is 22.0 Å². The maximum absolute atomic E-state index is 6.22. The van der Waals surface area contributed by atoms with Gasteiger partial charge in [0.15, 0.2) is 0 Å². The van der Waals surface area contributed by atoms with Crippen LogP contribution in [0.5, 0.6) is 5.88 Å². The van der Waals surface area contributed by atoms with Crippen molar-refractivity contribution in [1.29, 1.82) is 0 Å². The van der Waals surface area contributed by atoms with E-state index in [1.807, 2.05) is 13.8 Å². The second-order valence-electron chi connectivity index (χ2n) is 3.77. The summed E-state index contributed by atoms with van der Waals surface area (Å²) in [5.41, 5.74) is 2.00. The highest BCUT2D eigenvalue weighted by Crippen LogP contribution is 2.20. The highest BCUT2D eigenvalue weighted by molar-refractivity contribution is 6.20. The van der Waals surface area contributed by atoms with Gasteiger partial charge in [0.1, 0.15) is 6.33 Å². The zero-order chi connectivity index (χ0) is 12.0. The molecule has 3 nitrogen and oxygen atoms in total. The molecule has 1 rings (SSSR count). The summed E-state index contributed by atoms with van der Waals surface area (Å²) in [6, 6.07) is 0. The fourth-order valence-electron chi connectivity index (χ4n) is 1.58. The summed E-state index contributed by atoms with van der Waals surface area (Å²) in [6.07, 6.45) is 4.43. The summed E-state index contributed by atoms with van der Waals surface area (Å²) >= 11 is 6.22. The number of halogens is 1. The Balaban J connectivity index is 2.76. The Labute approximate surface area is 102 Å². The molecule has 0 radical (unpaired) electrons. The highest BCUT2D eigenvalue weighted by atomic mass is 35.5. The Kier molecular flexibility index (Phi) is 5.53. The van der Waals surface area contributed by atoms with Gasteiger partial charge in [0.2, 0.25) is 5.88 Å². The van der Waals surface area contributed by atoms with E-state index in [1.54, 1.807) is 6.33 Å². The molecule has 0 N–H and O–H groups in total. The molecule has 0 amide bonds. The molecule has 0 aliphatic heterocycles. The van der Waals surface area contributed by atoms with Gasteiger partial charge in [0, 0.05) is 17.4 Å². The lowest BCUT2D eigenvalue weighted by molar-refractivity contribution is 0.322. The average molecular weight is 243 g/mol. The molecule has 0 bridgehead atoms. The van der Waals surface area contributed by atoms with E-state index in [0.717, 1.165) is 30.5 Å². The molecule has 0 aliphatic carbocycles. The largest absolute Gasteiger partial charge is 0.478 e. The van der Waals surface area contributed by atoms with Gasteiger partial charge in [0.05, 0.1) is 12.3 Å². The molecule has 1 unspecified atom stereocenters. The Morgan fingerprint density at radius 2 is 2.12 bits per heavy atom. The van der Waals surface area contributed by atoms with Gasteiger partial charge in [0.25, 0.3) is 0 Å². The maximum atomic E-state index is 6.22. The number of nitrogens with zero attached hydrogens (tertiary/aromatic N) is 2. The molecule has 4 heteroatoms. The van der Waals surface area contributed by atoms with Crippen molar-refractivity contribution < 1.29 is 4.74 Å². The molecule has 16 heavy (non-hydrogen) atoms. The van der Waals surface area contributed by atoms with Gasteiger partial charge < -0.3 is 4.74 Å². The lowest BCUT2D eigenvalue weighted by Crippen LogP contribution is -2.08. The SMILES string of the molecule is CCCC(Cl)Cc1ncnc(OCC)c1C. The van der Waals surface area contributed by atoms with Crippen molar-refractivity contribution in [3.63, 3.8) is 0 Å². The van der Waals surface area contributed by atoms with E-state index in [1.165, 1.54) is 0 Å². The van der Waals surface area contributed by atoms with Crippen LogP contribution in [0.2, 0.25) is 0 Å². The van der Waals surface area contributed by atoms with Crippen LogP contribution in [0.15, 0.2) is 6.33 Å². The molecule has 1 atom stereocenters. The van der Waals surface area contributed by atoms with Crippen LogP contribution in [0.25, 0.3) is 0 Å². The predicted molar refractivity (Wildman–Crippen MR) is 66.2 cm³/mol. The van der Waals surface area contributed by atoms with E-state index in [2.05, 4.69) is 16.9 Å². The van der Waals surface area contributed by atoms with Crippen molar-refractivity contribution in [1.82, 2.24) is 9.97 Å². The second-order valence-corrected chi connectivity index (χ2v) is 4.39. The second kappa shape index (κ2) is 6.69. The number of rotatable bonds is 6. The summed E-state index contributed by atoms with van der Waals surface area (Å²) in [5, 5.41) is 0.146. The number of ether oxygens (including phenoxy) is 1. The van der Waals surface area contributed by atoms with Crippen LogP contribution in [0.1, 0.15) is 37.9 Å². The quantitative estimate of drug-likeness (QED) is 0.719. The fourth-order valence-corrected chi connectivity index (χ4v) is 1.95. The molecular weight excluding hydrogens is 224 g/mol. The van der Waals surface area contributed by atoms with Gasteiger partial charge in [-0.2, -0.15) is 0 Å². The Morgan fingerprint density at radius 1 is 1.38 bits per heavy atom. The van der Waals surface area contributed by atoms with Crippen molar-refractivity contribution in [2.45, 2.75) is 45.4 Å². The number of hydrogen-bond acceptors (Lipinski definition) is 3. The number of alkyl halides is 1. The summed E-state index contributed by atoms with van der Waals surface area (Å²) < 4.78 is 5.42. The molecule has 0 aliphatic rings. The van der Waals surface area contributed by atoms with Gasteiger partial charge in [-0.15, -0.1) is 11.6 Å². The topological polar surface area (TPSA) is 35.0 Å². The zero-order valence-corrected chi connectivity index (χ0v) is 10.9. The van der Waals surface area contributed by atoms with Crippen LogP contribution in [0, 0.1) is 6.92 Å². The lowest BCUT2D eigenvalue weighted by atomic mass is 10.1. The number of hydrogen-bond donors (Lipinski definition) is 0. The smallest absolute Gasteiger partial charge is 0.219 e. The summed E-state index contributed by atoms with van der Waals surface area (Å²) in [5.74, 6) is 0.674. The molecule has 1 aromatic heterocycles. The maximum Gasteiger partial charge on any atom is 0.219 e. The van der Waals surface area contributed by atoms with Crippen molar-refractivity contribution in [2.75, 3.05) is 6.61 Å². The van der Waals surface area contributed by atoms with Crippen molar-refractivity contribution in [2.24, 2.45) is 0 Å². The van der Waals surface area contributed by atoms with Gasteiger partial charge in [-0.05, 0) is 20.3 Å². The molecule has 0 saturated heterocycles. The van der Waals surface area contributed by atoms with Gasteiger partial charge in [-0.1, -0.05) is 13.3 Å². The standard InChI is InChI=1S/C12H19ClN2O/c1-4-6-10(13)7-11-9(3)12(16-5-2)15-8-14-11/h8,10H,4-7H2,1-3H3. The normalized spacial score (nSPS) is 12.5. The third kappa shape index (κ3) is 3.63. The molecule has 0 saturated carbocycles. The minimum atomic E-state index is 0.146. The third-order valence-electron chi connectivity index (χ3n) is 2.44. The monoisotopic (exact) mass is 242 g/mol. The summed E-state index contributed by atoms with van der Waals surface area (Å²) in [7, 11) is 0. The molecular formula is C12H19ClN2O. The molecule has 1 heterocycles. The minimum Gasteiger partial charge on any atom is -0.478 e. The molecule has 0 fully saturated rings. The first-order valence-electron chi connectivity index (χ1n) is 5.76. The van der Waals surface area contributed by atoms with E-state index in [9.17, 15) is 0 Å². The summed E-state index contributed by atoms with van der Waals surface area (Å²) in [6.45, 7) is 6.68. The van der Waals surface area contributed by atoms with E-state index in [-0.39, 0.29) is 5.38 Å². The van der Waals surface area contributed by atoms with E-state index < -0.39 is 0 Å². The van der Waals surface area contributed by atoms with Crippen molar-refractivity contribution in [3.8, 4) is 5.88 Å². The summed E-state index contributed by atoms with van der Waals surface area (Å²) in [4.78, 5) is 8.37. The van der Waals surface area contributed by atoms with Gasteiger partial charge in [-0.25, -0.2) is 9.97 Å². The van der Waals surface area contributed by atoms with Crippen LogP contribution >= 0.6 is 11.6 Å². The first kappa shape index (κ1) is 13.2.